The molecule has 1 aliphatic carbocycles. The van der Waals surface area contributed by atoms with Crippen LogP contribution in [0.4, 0.5) is 10.5 Å². The molecular formula is C23H29N3O2. The van der Waals surface area contributed by atoms with Gasteiger partial charge in [0.1, 0.15) is 0 Å². The van der Waals surface area contributed by atoms with E-state index in [-0.39, 0.29) is 24.0 Å². The molecule has 0 bridgehead atoms. The number of benzene rings is 2. The average molecular weight is 380 g/mol. The smallest absolute Gasteiger partial charge is 0.319 e. The van der Waals surface area contributed by atoms with Crippen LogP contribution in [0.5, 0.6) is 0 Å². The topological polar surface area (TPSA) is 70.2 Å². The second-order valence-corrected chi connectivity index (χ2v) is 7.76. The first-order valence-electron chi connectivity index (χ1n) is 10.0. The van der Waals surface area contributed by atoms with Crippen LogP contribution in [-0.2, 0) is 0 Å². The lowest BCUT2D eigenvalue weighted by molar-refractivity contribution is 0.0926. The summed E-state index contributed by atoms with van der Waals surface area (Å²) in [5, 5.41) is 8.68. The minimum Gasteiger partial charge on any atom is -0.349 e. The maximum absolute atomic E-state index is 12.5. The molecule has 3 N–H and O–H groups in total. The summed E-state index contributed by atoms with van der Waals surface area (Å²) >= 11 is 0. The molecule has 0 spiro atoms. The lowest BCUT2D eigenvalue weighted by atomic mass is 9.82. The first-order chi connectivity index (χ1) is 13.5. The van der Waals surface area contributed by atoms with Crippen molar-refractivity contribution in [2.24, 2.45) is 0 Å². The van der Waals surface area contributed by atoms with Crippen LogP contribution < -0.4 is 16.0 Å². The van der Waals surface area contributed by atoms with Crippen LogP contribution in [0.3, 0.4) is 0 Å². The summed E-state index contributed by atoms with van der Waals surface area (Å²) < 4.78 is 0. The Balaban J connectivity index is 1.48. The van der Waals surface area contributed by atoms with Crippen molar-refractivity contribution in [3.63, 3.8) is 0 Å². The molecule has 5 heteroatoms. The zero-order valence-electron chi connectivity index (χ0n) is 16.6. The molecule has 2 aromatic rings. The van der Waals surface area contributed by atoms with Gasteiger partial charge in [-0.3, -0.25) is 4.79 Å². The predicted octanol–water partition coefficient (Wildman–Crippen LogP) is 4.67. The molecule has 1 fully saturated rings. The first-order valence-corrected chi connectivity index (χ1v) is 10.0. The van der Waals surface area contributed by atoms with Gasteiger partial charge in [0.05, 0.1) is 0 Å². The standard InChI is InChI=1S/C23H29N3O2/c1-16(2)24-23(28)26-21-14-10-19(11-15-21)22(27)25-20-12-8-18(9-13-20)17-6-4-3-5-7-17/h3-7,10-11,14-16,18,20H,8-9,12-13H2,1-2H3,(H,25,27)(H2,24,26,28). The first kappa shape index (κ1) is 19.9. The zero-order valence-corrected chi connectivity index (χ0v) is 16.6. The highest BCUT2D eigenvalue weighted by Crippen LogP contribution is 2.32. The second-order valence-electron chi connectivity index (χ2n) is 7.76. The molecule has 1 aliphatic rings. The Hall–Kier alpha value is -2.82. The number of carbonyl (C=O) groups excluding carboxylic acids is 2. The SMILES string of the molecule is CC(C)NC(=O)Nc1ccc(C(=O)NC2CCC(c3ccccc3)CC2)cc1. The second kappa shape index (κ2) is 9.40. The molecule has 0 aliphatic heterocycles. The van der Waals surface area contributed by atoms with Crippen LogP contribution in [-0.4, -0.2) is 24.0 Å². The number of anilines is 1. The number of carbonyl (C=O) groups is 2. The van der Waals surface area contributed by atoms with Crippen LogP contribution in [0, 0.1) is 0 Å². The van der Waals surface area contributed by atoms with E-state index >= 15 is 0 Å². The predicted molar refractivity (Wildman–Crippen MR) is 113 cm³/mol. The van der Waals surface area contributed by atoms with Gasteiger partial charge in [0.15, 0.2) is 0 Å². The number of hydrogen-bond acceptors (Lipinski definition) is 2. The fourth-order valence-corrected chi connectivity index (χ4v) is 3.70. The third kappa shape index (κ3) is 5.59. The molecule has 0 atom stereocenters. The summed E-state index contributed by atoms with van der Waals surface area (Å²) in [6.45, 7) is 3.81. The van der Waals surface area contributed by atoms with Crippen LogP contribution in [0.1, 0.15) is 61.4 Å². The molecule has 3 amide bonds. The van der Waals surface area contributed by atoms with Crippen LogP contribution in [0.2, 0.25) is 0 Å². The van der Waals surface area contributed by atoms with Gasteiger partial charge in [-0.25, -0.2) is 4.79 Å². The summed E-state index contributed by atoms with van der Waals surface area (Å²) in [5.74, 6) is 0.540. The van der Waals surface area contributed by atoms with Crippen molar-refractivity contribution in [1.29, 1.82) is 0 Å². The minimum absolute atomic E-state index is 0.0543. The van der Waals surface area contributed by atoms with E-state index in [1.165, 1.54) is 5.56 Å². The van der Waals surface area contributed by atoms with E-state index in [9.17, 15) is 9.59 Å². The molecule has 5 nitrogen and oxygen atoms in total. The van der Waals surface area contributed by atoms with E-state index in [0.29, 0.717) is 17.2 Å². The molecular weight excluding hydrogens is 350 g/mol. The van der Waals surface area contributed by atoms with Gasteiger partial charge in [-0.1, -0.05) is 30.3 Å². The highest BCUT2D eigenvalue weighted by molar-refractivity contribution is 5.95. The molecule has 3 rings (SSSR count). The summed E-state index contributed by atoms with van der Waals surface area (Å²) in [5.41, 5.74) is 2.68. The maximum atomic E-state index is 12.5. The maximum Gasteiger partial charge on any atom is 0.319 e. The molecule has 0 radical (unpaired) electrons. The quantitative estimate of drug-likeness (QED) is 0.706. The van der Waals surface area contributed by atoms with Crippen molar-refractivity contribution in [3.8, 4) is 0 Å². The van der Waals surface area contributed by atoms with Crippen molar-refractivity contribution in [1.82, 2.24) is 10.6 Å². The van der Waals surface area contributed by atoms with Crippen LogP contribution >= 0.6 is 0 Å². The number of rotatable bonds is 5. The van der Waals surface area contributed by atoms with E-state index in [2.05, 4.69) is 40.2 Å². The molecule has 28 heavy (non-hydrogen) atoms. The van der Waals surface area contributed by atoms with Crippen molar-refractivity contribution in [2.75, 3.05) is 5.32 Å². The Morgan fingerprint density at radius 2 is 1.54 bits per heavy atom. The van der Waals surface area contributed by atoms with Crippen LogP contribution in [0.15, 0.2) is 54.6 Å². The van der Waals surface area contributed by atoms with Crippen LogP contribution in [0.25, 0.3) is 0 Å². The van der Waals surface area contributed by atoms with Crippen molar-refractivity contribution >= 4 is 17.6 Å². The Morgan fingerprint density at radius 1 is 0.893 bits per heavy atom. The van der Waals surface area contributed by atoms with Gasteiger partial charge in [0.2, 0.25) is 0 Å². The molecule has 0 saturated heterocycles. The van der Waals surface area contributed by atoms with Gasteiger partial charge in [-0.15, -0.1) is 0 Å². The Morgan fingerprint density at radius 3 is 2.14 bits per heavy atom. The van der Waals surface area contributed by atoms with Gasteiger partial charge in [-0.2, -0.15) is 0 Å². The van der Waals surface area contributed by atoms with E-state index in [4.69, 9.17) is 0 Å². The van der Waals surface area contributed by atoms with E-state index in [1.54, 1.807) is 24.3 Å². The highest BCUT2D eigenvalue weighted by atomic mass is 16.2. The van der Waals surface area contributed by atoms with Crippen molar-refractivity contribution in [3.05, 3.63) is 65.7 Å². The lowest BCUT2D eigenvalue weighted by Crippen LogP contribution is -2.37. The summed E-state index contributed by atoms with van der Waals surface area (Å²) in [4.78, 5) is 24.3. The van der Waals surface area contributed by atoms with E-state index < -0.39 is 0 Å². The fraction of sp³-hybridized carbons (Fsp3) is 0.391. The van der Waals surface area contributed by atoms with Gasteiger partial charge >= 0.3 is 6.03 Å². The molecule has 0 aromatic heterocycles. The Labute approximate surface area is 166 Å². The molecule has 1 saturated carbocycles. The van der Waals surface area contributed by atoms with E-state index in [1.807, 2.05) is 19.9 Å². The van der Waals surface area contributed by atoms with Crippen molar-refractivity contribution < 1.29 is 9.59 Å². The average Bonchev–Trinajstić information content (AvgIpc) is 2.69. The third-order valence-corrected chi connectivity index (χ3v) is 5.16. The molecule has 0 unspecified atom stereocenters. The number of hydrogen-bond donors (Lipinski definition) is 3. The summed E-state index contributed by atoms with van der Waals surface area (Å²) in [7, 11) is 0. The molecule has 0 heterocycles. The molecule has 2 aromatic carbocycles. The highest BCUT2D eigenvalue weighted by Gasteiger charge is 2.23. The summed E-state index contributed by atoms with van der Waals surface area (Å²) in [6.07, 6.45) is 4.20. The van der Waals surface area contributed by atoms with Gasteiger partial charge in [-0.05, 0) is 75.3 Å². The van der Waals surface area contributed by atoms with Gasteiger partial charge in [0.25, 0.3) is 5.91 Å². The van der Waals surface area contributed by atoms with Gasteiger partial charge in [0, 0.05) is 23.3 Å². The zero-order chi connectivity index (χ0) is 19.9. The monoisotopic (exact) mass is 379 g/mol. The number of urea groups is 1. The minimum atomic E-state index is -0.248. The van der Waals surface area contributed by atoms with Gasteiger partial charge < -0.3 is 16.0 Å². The Kier molecular flexibility index (Phi) is 6.69. The Bertz CT molecular complexity index is 779. The number of amides is 3. The van der Waals surface area contributed by atoms with E-state index in [0.717, 1.165) is 25.7 Å². The van der Waals surface area contributed by atoms with Crippen molar-refractivity contribution in [2.45, 2.75) is 57.5 Å². The summed E-state index contributed by atoms with van der Waals surface area (Å²) in [6, 6.07) is 17.7. The fourth-order valence-electron chi connectivity index (χ4n) is 3.70. The largest absolute Gasteiger partial charge is 0.349 e. The number of nitrogens with one attached hydrogen (secondary N) is 3. The lowest BCUT2D eigenvalue weighted by Gasteiger charge is -2.29. The molecule has 148 valence electrons. The third-order valence-electron chi connectivity index (χ3n) is 5.16. The normalized spacial score (nSPS) is 19.1.